The Bertz CT molecular complexity index is 525. The first-order valence-electron chi connectivity index (χ1n) is 7.42. The summed E-state index contributed by atoms with van der Waals surface area (Å²) in [4.78, 5) is 8.07. The van der Waals surface area contributed by atoms with Crippen molar-refractivity contribution in [2.75, 3.05) is 44.7 Å². The van der Waals surface area contributed by atoms with Crippen LogP contribution in [-0.4, -0.2) is 56.8 Å². The molecule has 0 saturated carbocycles. The lowest BCUT2D eigenvalue weighted by Crippen LogP contribution is -2.52. The van der Waals surface area contributed by atoms with Gasteiger partial charge in [-0.25, -0.2) is 4.39 Å². The fourth-order valence-corrected chi connectivity index (χ4v) is 2.48. The summed E-state index contributed by atoms with van der Waals surface area (Å²) in [5.74, 6) is 0.203. The van der Waals surface area contributed by atoms with Gasteiger partial charge in [0, 0.05) is 45.5 Å². The van der Waals surface area contributed by atoms with Gasteiger partial charge in [0.15, 0.2) is 5.96 Å². The van der Waals surface area contributed by atoms with Gasteiger partial charge in [0.1, 0.15) is 5.82 Å². The fraction of sp³-hybridized carbons (Fsp3) is 0.533. The van der Waals surface area contributed by atoms with Gasteiger partial charge in [0.05, 0.1) is 6.42 Å². The number of benzene rings is 1. The summed E-state index contributed by atoms with van der Waals surface area (Å²) in [6.07, 6.45) is -5.06. The number of aliphatic imine (C=N–C) groups is 1. The van der Waals surface area contributed by atoms with Crippen molar-refractivity contribution in [3.05, 3.63) is 30.1 Å². The highest BCUT2D eigenvalue weighted by Crippen LogP contribution is 2.19. The lowest BCUT2D eigenvalue weighted by molar-refractivity contribution is -0.132. The van der Waals surface area contributed by atoms with Crippen LogP contribution in [0.25, 0.3) is 0 Å². The Labute approximate surface area is 155 Å². The topological polar surface area (TPSA) is 30.9 Å². The minimum Gasteiger partial charge on any atom is -0.368 e. The molecule has 1 aromatic carbocycles. The third kappa shape index (κ3) is 6.33. The van der Waals surface area contributed by atoms with Gasteiger partial charge in [-0.05, 0) is 24.3 Å². The molecule has 1 aliphatic rings. The first-order valence-corrected chi connectivity index (χ1v) is 7.42. The number of rotatable bonds is 3. The van der Waals surface area contributed by atoms with E-state index < -0.39 is 12.6 Å². The van der Waals surface area contributed by atoms with Crippen molar-refractivity contribution in [2.45, 2.75) is 12.6 Å². The second-order valence-electron chi connectivity index (χ2n) is 5.29. The molecule has 0 amide bonds. The van der Waals surface area contributed by atoms with E-state index in [1.807, 2.05) is 4.90 Å². The first-order chi connectivity index (χ1) is 10.9. The molecule has 1 N–H and O–H groups in total. The Morgan fingerprint density at radius 1 is 1.12 bits per heavy atom. The number of alkyl halides is 3. The van der Waals surface area contributed by atoms with Crippen molar-refractivity contribution in [3.63, 3.8) is 0 Å². The summed E-state index contributed by atoms with van der Waals surface area (Å²) in [5, 5.41) is 2.75. The minimum absolute atomic E-state index is 0. The van der Waals surface area contributed by atoms with E-state index in [0.29, 0.717) is 32.1 Å². The first kappa shape index (κ1) is 20.8. The Balaban J connectivity index is 0.00000288. The molecule has 1 aliphatic heterocycles. The van der Waals surface area contributed by atoms with Crippen LogP contribution in [0.15, 0.2) is 29.3 Å². The van der Waals surface area contributed by atoms with Gasteiger partial charge in [-0.3, -0.25) is 4.99 Å². The average molecular weight is 460 g/mol. The molecule has 0 bridgehead atoms. The third-order valence-corrected chi connectivity index (χ3v) is 3.67. The molecule has 0 atom stereocenters. The van der Waals surface area contributed by atoms with Crippen LogP contribution in [0.1, 0.15) is 6.42 Å². The summed E-state index contributed by atoms with van der Waals surface area (Å²) >= 11 is 0. The number of piperazine rings is 1. The van der Waals surface area contributed by atoms with E-state index in [0.717, 1.165) is 5.69 Å². The molecule has 0 unspecified atom stereocenters. The molecule has 1 saturated heterocycles. The monoisotopic (exact) mass is 460 g/mol. The highest BCUT2D eigenvalue weighted by Gasteiger charge is 2.27. The number of hydrogen-bond donors (Lipinski definition) is 1. The van der Waals surface area contributed by atoms with E-state index in [2.05, 4.69) is 15.2 Å². The minimum atomic E-state index is -4.17. The summed E-state index contributed by atoms with van der Waals surface area (Å²) < 4.78 is 49.5. The number of halogens is 5. The zero-order chi connectivity index (χ0) is 16.9. The van der Waals surface area contributed by atoms with Crippen molar-refractivity contribution in [1.29, 1.82) is 0 Å². The van der Waals surface area contributed by atoms with Gasteiger partial charge >= 0.3 is 6.18 Å². The Morgan fingerprint density at radius 3 is 2.21 bits per heavy atom. The molecule has 0 spiro atoms. The molecule has 2 rings (SSSR count). The molecule has 4 nitrogen and oxygen atoms in total. The van der Waals surface area contributed by atoms with Crippen LogP contribution in [0.2, 0.25) is 0 Å². The summed E-state index contributed by atoms with van der Waals surface area (Å²) in [7, 11) is 1.56. The zero-order valence-electron chi connectivity index (χ0n) is 13.3. The molecule has 1 heterocycles. The second-order valence-corrected chi connectivity index (χ2v) is 5.29. The maximum absolute atomic E-state index is 12.9. The molecule has 0 aliphatic carbocycles. The van der Waals surface area contributed by atoms with Crippen LogP contribution in [0.5, 0.6) is 0 Å². The van der Waals surface area contributed by atoms with Crippen LogP contribution in [0, 0.1) is 5.82 Å². The molecule has 1 aromatic rings. The normalized spacial score (nSPS) is 16.0. The van der Waals surface area contributed by atoms with Crippen molar-refractivity contribution in [1.82, 2.24) is 10.2 Å². The Morgan fingerprint density at radius 2 is 1.71 bits per heavy atom. The number of guanidine groups is 1. The SMILES string of the molecule is CN=C(NCCC(F)(F)F)N1CCN(c2ccc(F)cc2)CC1.I. The quantitative estimate of drug-likeness (QED) is 0.326. The molecule has 9 heteroatoms. The molecular formula is C15H21F4IN4. The van der Waals surface area contributed by atoms with E-state index in [1.54, 1.807) is 19.2 Å². The van der Waals surface area contributed by atoms with Crippen LogP contribution < -0.4 is 10.2 Å². The average Bonchev–Trinajstić information content (AvgIpc) is 2.52. The smallest absolute Gasteiger partial charge is 0.368 e. The summed E-state index contributed by atoms with van der Waals surface area (Å²) in [5.41, 5.74) is 0.936. The van der Waals surface area contributed by atoms with Crippen LogP contribution in [0.4, 0.5) is 23.2 Å². The Kier molecular flexibility index (Phi) is 8.04. The number of nitrogens with zero attached hydrogens (tertiary/aromatic N) is 3. The standard InChI is InChI=1S/C15H20F4N4.HI/c1-20-14(21-7-6-15(17,18)19)23-10-8-22(9-11-23)13-4-2-12(16)3-5-13;/h2-5H,6-11H2,1H3,(H,20,21);1H. The summed E-state index contributed by atoms with van der Waals surface area (Å²) in [6, 6.07) is 6.28. The fourth-order valence-electron chi connectivity index (χ4n) is 2.48. The van der Waals surface area contributed by atoms with E-state index in [9.17, 15) is 17.6 Å². The van der Waals surface area contributed by atoms with Gasteiger partial charge in [-0.1, -0.05) is 0 Å². The predicted molar refractivity (Wildman–Crippen MR) is 97.6 cm³/mol. The third-order valence-electron chi connectivity index (χ3n) is 3.67. The molecule has 0 radical (unpaired) electrons. The van der Waals surface area contributed by atoms with Crippen LogP contribution in [-0.2, 0) is 0 Å². The molecule has 0 aromatic heterocycles. The number of anilines is 1. The highest BCUT2D eigenvalue weighted by atomic mass is 127. The van der Waals surface area contributed by atoms with Crippen molar-refractivity contribution < 1.29 is 17.6 Å². The van der Waals surface area contributed by atoms with Crippen LogP contribution >= 0.6 is 24.0 Å². The lowest BCUT2D eigenvalue weighted by Gasteiger charge is -2.37. The Hall–Kier alpha value is -1.26. The van der Waals surface area contributed by atoms with E-state index in [4.69, 9.17) is 0 Å². The van der Waals surface area contributed by atoms with Crippen molar-refractivity contribution in [2.24, 2.45) is 4.99 Å². The molecular weight excluding hydrogens is 439 g/mol. The van der Waals surface area contributed by atoms with E-state index in [1.165, 1.54) is 12.1 Å². The molecule has 24 heavy (non-hydrogen) atoms. The number of nitrogens with one attached hydrogen (secondary N) is 1. The van der Waals surface area contributed by atoms with Gasteiger partial charge < -0.3 is 15.1 Å². The second kappa shape index (κ2) is 9.28. The van der Waals surface area contributed by atoms with Crippen molar-refractivity contribution in [3.8, 4) is 0 Å². The molecule has 136 valence electrons. The van der Waals surface area contributed by atoms with E-state index in [-0.39, 0.29) is 36.3 Å². The maximum atomic E-state index is 12.9. The van der Waals surface area contributed by atoms with Gasteiger partial charge in [0.2, 0.25) is 0 Å². The molecule has 1 fully saturated rings. The largest absolute Gasteiger partial charge is 0.390 e. The van der Waals surface area contributed by atoms with Crippen molar-refractivity contribution >= 4 is 35.6 Å². The van der Waals surface area contributed by atoms with Gasteiger partial charge in [-0.15, -0.1) is 24.0 Å². The predicted octanol–water partition coefficient (Wildman–Crippen LogP) is 3.09. The van der Waals surface area contributed by atoms with E-state index >= 15 is 0 Å². The number of hydrogen-bond acceptors (Lipinski definition) is 2. The maximum Gasteiger partial charge on any atom is 0.390 e. The lowest BCUT2D eigenvalue weighted by atomic mass is 10.2. The zero-order valence-corrected chi connectivity index (χ0v) is 15.6. The highest BCUT2D eigenvalue weighted by molar-refractivity contribution is 14.0. The van der Waals surface area contributed by atoms with Gasteiger partial charge in [0.25, 0.3) is 0 Å². The van der Waals surface area contributed by atoms with Crippen LogP contribution in [0.3, 0.4) is 0 Å². The summed E-state index contributed by atoms with van der Waals surface area (Å²) in [6.45, 7) is 2.50. The van der Waals surface area contributed by atoms with Gasteiger partial charge in [-0.2, -0.15) is 13.2 Å².